The molecule has 1 atom stereocenters. The van der Waals surface area contributed by atoms with Gasteiger partial charge < -0.3 is 5.11 Å². The average Bonchev–Trinajstić information content (AvgIpc) is 2.56. The molecule has 1 nitrogen and oxygen atoms in total. The number of unbranched alkanes of at least 4 members (excludes halogenated alkanes) is 4. The van der Waals surface area contributed by atoms with Crippen molar-refractivity contribution in [2.75, 3.05) is 0 Å². The Labute approximate surface area is 144 Å². The average molecular weight is 319 g/mol. The standard InChI is InChI=1S/C22H38O/c1-5-9-12-13-18(8-4)19-16-17-22(23)21(15-11-7-3)20(19)14-10-6-2/h16-18,23H,5-15H2,1-4H3. The highest BCUT2D eigenvalue weighted by Crippen LogP contribution is 2.35. The Bertz CT molecular complexity index is 436. The lowest BCUT2D eigenvalue weighted by atomic mass is 9.83. The van der Waals surface area contributed by atoms with E-state index in [9.17, 15) is 5.11 Å². The third kappa shape index (κ3) is 6.20. The van der Waals surface area contributed by atoms with E-state index in [0.717, 1.165) is 12.8 Å². The van der Waals surface area contributed by atoms with Crippen LogP contribution in [-0.2, 0) is 12.8 Å². The summed E-state index contributed by atoms with van der Waals surface area (Å²) in [4.78, 5) is 0. The number of phenolic OH excluding ortho intramolecular Hbond substituents is 1. The van der Waals surface area contributed by atoms with Crippen LogP contribution in [0.1, 0.15) is 108 Å². The van der Waals surface area contributed by atoms with E-state index in [0.29, 0.717) is 11.7 Å². The van der Waals surface area contributed by atoms with Crippen molar-refractivity contribution in [2.45, 2.75) is 104 Å². The van der Waals surface area contributed by atoms with Crippen LogP contribution in [0.25, 0.3) is 0 Å². The summed E-state index contributed by atoms with van der Waals surface area (Å²) in [6, 6.07) is 4.17. The lowest BCUT2D eigenvalue weighted by Crippen LogP contribution is -2.07. The Kier molecular flexibility index (Phi) is 10.1. The summed E-state index contributed by atoms with van der Waals surface area (Å²) >= 11 is 0. The number of aromatic hydroxyl groups is 1. The molecule has 23 heavy (non-hydrogen) atoms. The predicted molar refractivity (Wildman–Crippen MR) is 103 cm³/mol. The van der Waals surface area contributed by atoms with Crippen molar-refractivity contribution in [1.82, 2.24) is 0 Å². The van der Waals surface area contributed by atoms with E-state index in [2.05, 4.69) is 33.8 Å². The highest BCUT2D eigenvalue weighted by Gasteiger charge is 2.18. The topological polar surface area (TPSA) is 20.2 Å². The van der Waals surface area contributed by atoms with E-state index in [1.807, 2.05) is 6.07 Å². The van der Waals surface area contributed by atoms with Gasteiger partial charge in [0, 0.05) is 0 Å². The second-order valence-corrected chi connectivity index (χ2v) is 6.94. The Balaban J connectivity index is 3.10. The number of phenols is 1. The molecule has 0 saturated carbocycles. The lowest BCUT2D eigenvalue weighted by Gasteiger charge is -2.23. The molecule has 1 rings (SSSR count). The van der Waals surface area contributed by atoms with Crippen LogP contribution in [0.15, 0.2) is 12.1 Å². The van der Waals surface area contributed by atoms with Gasteiger partial charge in [-0.1, -0.05) is 65.9 Å². The molecular weight excluding hydrogens is 280 g/mol. The SMILES string of the molecule is CCCCCC(CC)c1ccc(O)c(CCCC)c1CCCC. The minimum absolute atomic E-state index is 0.525. The molecule has 0 radical (unpaired) electrons. The van der Waals surface area contributed by atoms with E-state index in [-0.39, 0.29) is 0 Å². The van der Waals surface area contributed by atoms with E-state index < -0.39 is 0 Å². The molecule has 0 amide bonds. The number of hydrogen-bond acceptors (Lipinski definition) is 1. The van der Waals surface area contributed by atoms with Crippen LogP contribution in [0, 0.1) is 0 Å². The zero-order valence-corrected chi connectivity index (χ0v) is 16.0. The van der Waals surface area contributed by atoms with E-state index in [1.54, 1.807) is 0 Å². The van der Waals surface area contributed by atoms with Crippen LogP contribution >= 0.6 is 0 Å². The second kappa shape index (κ2) is 11.5. The van der Waals surface area contributed by atoms with Gasteiger partial charge in [0.15, 0.2) is 0 Å². The maximum absolute atomic E-state index is 10.4. The first kappa shape index (κ1) is 20.1. The van der Waals surface area contributed by atoms with Crippen LogP contribution in [0.5, 0.6) is 5.75 Å². The van der Waals surface area contributed by atoms with Crippen molar-refractivity contribution >= 4 is 0 Å². The van der Waals surface area contributed by atoms with Crippen molar-refractivity contribution in [3.63, 3.8) is 0 Å². The molecule has 1 aromatic carbocycles. The second-order valence-electron chi connectivity index (χ2n) is 6.94. The third-order valence-corrected chi connectivity index (χ3v) is 5.09. The Morgan fingerprint density at radius 2 is 1.39 bits per heavy atom. The molecule has 132 valence electrons. The molecule has 1 heteroatoms. The first-order valence-electron chi connectivity index (χ1n) is 10.0. The number of benzene rings is 1. The van der Waals surface area contributed by atoms with Gasteiger partial charge in [-0.2, -0.15) is 0 Å². The number of hydrogen-bond donors (Lipinski definition) is 1. The maximum atomic E-state index is 10.4. The van der Waals surface area contributed by atoms with Crippen LogP contribution in [0.3, 0.4) is 0 Å². The molecular formula is C22H38O. The first-order valence-corrected chi connectivity index (χ1v) is 10.0. The smallest absolute Gasteiger partial charge is 0.119 e. The predicted octanol–water partition coefficient (Wildman–Crippen LogP) is 7.15. The fourth-order valence-electron chi connectivity index (χ4n) is 3.58. The Morgan fingerprint density at radius 1 is 0.783 bits per heavy atom. The van der Waals surface area contributed by atoms with Gasteiger partial charge in [-0.3, -0.25) is 0 Å². The normalized spacial score (nSPS) is 12.5. The van der Waals surface area contributed by atoms with Crippen LogP contribution in [0.2, 0.25) is 0 Å². The molecule has 0 aliphatic rings. The summed E-state index contributed by atoms with van der Waals surface area (Å²) in [5, 5.41) is 10.4. The molecule has 0 bridgehead atoms. The summed E-state index contributed by atoms with van der Waals surface area (Å²) in [6.07, 6.45) is 13.4. The summed E-state index contributed by atoms with van der Waals surface area (Å²) < 4.78 is 0. The molecule has 0 aliphatic heterocycles. The quantitative estimate of drug-likeness (QED) is 0.406. The molecule has 1 unspecified atom stereocenters. The fraction of sp³-hybridized carbons (Fsp3) is 0.727. The highest BCUT2D eigenvalue weighted by atomic mass is 16.3. The summed E-state index contributed by atoms with van der Waals surface area (Å²) in [5.41, 5.74) is 4.25. The minimum Gasteiger partial charge on any atom is -0.508 e. The summed E-state index contributed by atoms with van der Waals surface area (Å²) in [5.74, 6) is 1.19. The Morgan fingerprint density at radius 3 is 1.96 bits per heavy atom. The van der Waals surface area contributed by atoms with Gasteiger partial charge in [-0.05, 0) is 67.2 Å². The molecule has 1 aromatic rings. The molecule has 0 fully saturated rings. The van der Waals surface area contributed by atoms with Gasteiger partial charge in [0.25, 0.3) is 0 Å². The molecule has 0 spiro atoms. The summed E-state index contributed by atoms with van der Waals surface area (Å²) in [7, 11) is 0. The maximum Gasteiger partial charge on any atom is 0.119 e. The van der Waals surface area contributed by atoms with Gasteiger partial charge in [-0.25, -0.2) is 0 Å². The van der Waals surface area contributed by atoms with Crippen LogP contribution in [-0.4, -0.2) is 5.11 Å². The van der Waals surface area contributed by atoms with E-state index in [4.69, 9.17) is 0 Å². The molecule has 0 aliphatic carbocycles. The van der Waals surface area contributed by atoms with Gasteiger partial charge in [0.05, 0.1) is 0 Å². The lowest BCUT2D eigenvalue weighted by molar-refractivity contribution is 0.463. The third-order valence-electron chi connectivity index (χ3n) is 5.09. The zero-order valence-electron chi connectivity index (χ0n) is 16.0. The van der Waals surface area contributed by atoms with Gasteiger partial charge in [0.1, 0.15) is 5.75 Å². The molecule has 0 saturated heterocycles. The molecule has 0 aromatic heterocycles. The number of rotatable bonds is 12. The first-order chi connectivity index (χ1) is 11.2. The highest BCUT2D eigenvalue weighted by molar-refractivity contribution is 5.46. The van der Waals surface area contributed by atoms with Crippen LogP contribution in [0.4, 0.5) is 0 Å². The van der Waals surface area contributed by atoms with Crippen molar-refractivity contribution in [3.05, 3.63) is 28.8 Å². The van der Waals surface area contributed by atoms with Crippen molar-refractivity contribution < 1.29 is 5.11 Å². The summed E-state index contributed by atoms with van der Waals surface area (Å²) in [6.45, 7) is 9.08. The molecule has 0 heterocycles. The Hall–Kier alpha value is -0.980. The van der Waals surface area contributed by atoms with Crippen LogP contribution < -0.4 is 0 Å². The molecule has 1 N–H and O–H groups in total. The van der Waals surface area contributed by atoms with Crippen molar-refractivity contribution in [3.8, 4) is 5.75 Å². The van der Waals surface area contributed by atoms with E-state index >= 15 is 0 Å². The van der Waals surface area contributed by atoms with Gasteiger partial charge in [-0.15, -0.1) is 0 Å². The van der Waals surface area contributed by atoms with Gasteiger partial charge >= 0.3 is 0 Å². The van der Waals surface area contributed by atoms with E-state index in [1.165, 1.54) is 74.5 Å². The largest absolute Gasteiger partial charge is 0.508 e. The monoisotopic (exact) mass is 318 g/mol. The van der Waals surface area contributed by atoms with Gasteiger partial charge in [0.2, 0.25) is 0 Å². The zero-order chi connectivity index (χ0) is 17.1. The minimum atomic E-state index is 0.525. The van der Waals surface area contributed by atoms with Crippen molar-refractivity contribution in [2.24, 2.45) is 0 Å². The van der Waals surface area contributed by atoms with Crippen molar-refractivity contribution in [1.29, 1.82) is 0 Å². The fourth-order valence-corrected chi connectivity index (χ4v) is 3.58.